The lowest BCUT2D eigenvalue weighted by Gasteiger charge is -2.42. The number of methoxy groups -OCH3 is 2. The highest BCUT2D eigenvalue weighted by atomic mass is 16.5. The highest BCUT2D eigenvalue weighted by Crippen LogP contribution is 2.56. The summed E-state index contributed by atoms with van der Waals surface area (Å²) in [6, 6.07) is 20.1. The summed E-state index contributed by atoms with van der Waals surface area (Å²) in [5, 5.41) is 13.9. The highest BCUT2D eigenvalue weighted by Gasteiger charge is 2.56. The van der Waals surface area contributed by atoms with E-state index in [-0.39, 0.29) is 47.1 Å². The molecule has 2 N–H and O–H groups in total. The number of para-hydroxylation sites is 1. The number of hydrogen-bond donors (Lipinski definition) is 2. The first-order valence-corrected chi connectivity index (χ1v) is 15.2. The van der Waals surface area contributed by atoms with E-state index in [0.29, 0.717) is 34.4 Å². The van der Waals surface area contributed by atoms with Crippen LogP contribution >= 0.6 is 0 Å². The van der Waals surface area contributed by atoms with Gasteiger partial charge >= 0.3 is 0 Å². The number of rotatable bonds is 6. The maximum Gasteiger partial charge on any atom is 0.238 e. The normalized spacial score (nSPS) is 23.8. The van der Waals surface area contributed by atoms with Gasteiger partial charge in [0.15, 0.2) is 23.1 Å². The van der Waals surface area contributed by atoms with Crippen molar-refractivity contribution in [3.05, 3.63) is 107 Å². The van der Waals surface area contributed by atoms with Gasteiger partial charge in [0.05, 0.1) is 31.7 Å². The number of amides is 2. The minimum atomic E-state index is -0.706. The number of carbonyl (C=O) groups excluding carboxylic acids is 4. The third-order valence-electron chi connectivity index (χ3n) is 9.59. The Morgan fingerprint density at radius 2 is 1.50 bits per heavy atom. The molecule has 0 bridgehead atoms. The zero-order chi connectivity index (χ0) is 32.3. The molecule has 3 aliphatic carbocycles. The van der Waals surface area contributed by atoms with Crippen LogP contribution in [0.25, 0.3) is 0 Å². The van der Waals surface area contributed by atoms with Crippen molar-refractivity contribution in [2.45, 2.75) is 25.7 Å². The second-order valence-electron chi connectivity index (χ2n) is 12.1. The molecule has 0 saturated carbocycles. The van der Waals surface area contributed by atoms with Crippen LogP contribution in [0, 0.1) is 17.8 Å². The minimum absolute atomic E-state index is 0.151. The van der Waals surface area contributed by atoms with Gasteiger partial charge in [0, 0.05) is 34.0 Å². The van der Waals surface area contributed by atoms with Gasteiger partial charge in [-0.15, -0.1) is 0 Å². The number of phenols is 1. The van der Waals surface area contributed by atoms with Crippen molar-refractivity contribution >= 4 is 40.4 Å². The summed E-state index contributed by atoms with van der Waals surface area (Å²) >= 11 is 0. The van der Waals surface area contributed by atoms with Crippen molar-refractivity contribution in [2.75, 3.05) is 24.4 Å². The first-order valence-electron chi connectivity index (χ1n) is 15.2. The SMILES string of the molecule is COc1cc([C@H]2C3=CC[C@@H]4C(=O)N(c5ccc(Nc6ccccc6)cc5)C(=O)[C@@H]4[C@@H]3CC3=C2C(=O)C(C)=CC3=O)cc(OC)c1O. The predicted molar refractivity (Wildman–Crippen MR) is 171 cm³/mol. The third kappa shape index (κ3) is 4.53. The summed E-state index contributed by atoms with van der Waals surface area (Å²) in [5.74, 6) is -3.49. The van der Waals surface area contributed by atoms with Crippen LogP contribution in [-0.4, -0.2) is 42.7 Å². The van der Waals surface area contributed by atoms with E-state index < -0.39 is 23.7 Å². The van der Waals surface area contributed by atoms with E-state index in [0.717, 1.165) is 16.9 Å². The van der Waals surface area contributed by atoms with Gasteiger partial charge in [-0.3, -0.25) is 24.1 Å². The average molecular weight is 617 g/mol. The van der Waals surface area contributed by atoms with Crippen LogP contribution in [0.1, 0.15) is 31.2 Å². The molecule has 0 radical (unpaired) electrons. The molecule has 9 heteroatoms. The van der Waals surface area contributed by atoms with Crippen molar-refractivity contribution in [3.8, 4) is 17.2 Å². The number of imide groups is 1. The number of Topliss-reactive ketones (excluding diaryl/α,β-unsaturated/α-hetero) is 1. The summed E-state index contributed by atoms with van der Waals surface area (Å²) in [7, 11) is 2.84. The minimum Gasteiger partial charge on any atom is -0.502 e. The Labute approximate surface area is 265 Å². The Hall–Kier alpha value is -5.44. The smallest absolute Gasteiger partial charge is 0.238 e. The summed E-state index contributed by atoms with van der Waals surface area (Å²) in [6.45, 7) is 1.62. The van der Waals surface area contributed by atoms with Gasteiger partial charge in [0.25, 0.3) is 0 Å². The highest BCUT2D eigenvalue weighted by molar-refractivity contribution is 6.25. The predicted octanol–water partition coefficient (Wildman–Crippen LogP) is 5.79. The van der Waals surface area contributed by atoms with Crippen LogP contribution in [-0.2, 0) is 19.2 Å². The lowest BCUT2D eigenvalue weighted by atomic mass is 9.59. The Morgan fingerprint density at radius 1 is 0.848 bits per heavy atom. The summed E-state index contributed by atoms with van der Waals surface area (Å²) in [5.41, 5.74) is 4.64. The van der Waals surface area contributed by atoms with Gasteiger partial charge in [-0.05, 0) is 85.9 Å². The largest absolute Gasteiger partial charge is 0.502 e. The molecule has 1 saturated heterocycles. The lowest BCUT2D eigenvalue weighted by molar-refractivity contribution is -0.123. The Balaban J connectivity index is 1.28. The van der Waals surface area contributed by atoms with E-state index in [2.05, 4.69) is 5.32 Å². The van der Waals surface area contributed by atoms with E-state index in [1.54, 1.807) is 31.2 Å². The Kier molecular flexibility index (Phi) is 7.11. The van der Waals surface area contributed by atoms with E-state index in [9.17, 15) is 24.3 Å². The number of benzene rings is 3. The summed E-state index contributed by atoms with van der Waals surface area (Å²) < 4.78 is 10.9. The number of anilines is 3. The van der Waals surface area contributed by atoms with E-state index >= 15 is 0 Å². The van der Waals surface area contributed by atoms with Crippen LogP contribution in [0.5, 0.6) is 17.2 Å². The number of nitrogens with zero attached hydrogens (tertiary/aromatic N) is 1. The van der Waals surface area contributed by atoms with Gasteiger partial charge in [0.2, 0.25) is 17.6 Å². The third-order valence-corrected chi connectivity index (χ3v) is 9.59. The molecule has 3 aromatic rings. The molecule has 4 aliphatic rings. The molecule has 0 spiro atoms. The number of nitrogens with one attached hydrogen (secondary N) is 1. The first-order chi connectivity index (χ1) is 22.2. The van der Waals surface area contributed by atoms with Gasteiger partial charge in [-0.2, -0.15) is 0 Å². The number of aromatic hydroxyl groups is 1. The molecule has 0 aromatic heterocycles. The number of allylic oxidation sites excluding steroid dienone is 6. The summed E-state index contributed by atoms with van der Waals surface area (Å²) in [4.78, 5) is 56.5. The fourth-order valence-corrected chi connectivity index (χ4v) is 7.46. The molecular formula is C37H32N2O7. The molecule has 2 amide bonds. The summed E-state index contributed by atoms with van der Waals surface area (Å²) in [6.07, 6.45) is 3.79. The maximum absolute atomic E-state index is 14.2. The molecule has 7 rings (SSSR count). The number of phenolic OH excluding ortho intramolecular Hbond substituents is 1. The number of ether oxygens (including phenoxy) is 2. The topological polar surface area (TPSA) is 122 Å². The van der Waals surface area contributed by atoms with Crippen LogP contribution in [0.2, 0.25) is 0 Å². The zero-order valence-electron chi connectivity index (χ0n) is 25.6. The van der Waals surface area contributed by atoms with Crippen LogP contribution in [0.3, 0.4) is 0 Å². The van der Waals surface area contributed by atoms with Gasteiger partial charge in [-0.25, -0.2) is 0 Å². The monoisotopic (exact) mass is 616 g/mol. The van der Waals surface area contributed by atoms with Gasteiger partial charge in [0.1, 0.15) is 0 Å². The van der Waals surface area contributed by atoms with Crippen molar-refractivity contribution in [1.29, 1.82) is 0 Å². The average Bonchev–Trinajstić information content (AvgIpc) is 3.33. The molecule has 46 heavy (non-hydrogen) atoms. The molecule has 232 valence electrons. The number of ketones is 2. The van der Waals surface area contributed by atoms with Gasteiger partial charge in [-0.1, -0.05) is 29.8 Å². The first kappa shape index (κ1) is 29.3. The van der Waals surface area contributed by atoms with E-state index in [1.807, 2.05) is 48.5 Å². The molecular weight excluding hydrogens is 584 g/mol. The molecule has 1 heterocycles. The standard InChI is InChI=1S/C37H32N2O7/c1-19-15-28(40)27-18-26-24(31(33(27)34(19)41)20-16-29(45-2)35(42)30(17-20)46-3)13-14-25-32(26)37(44)39(36(25)43)23-11-9-22(10-12-23)38-21-7-5-4-6-8-21/h4-13,15-17,25-26,31-32,38,42H,14,18H2,1-3H3/t25-,26+,31-,32-/m0/s1. The number of carbonyl (C=O) groups is 4. The molecule has 1 fully saturated rings. The molecule has 4 atom stereocenters. The fourth-order valence-electron chi connectivity index (χ4n) is 7.46. The van der Waals surface area contributed by atoms with E-state index in [1.165, 1.54) is 25.2 Å². The number of fused-ring (bicyclic) bond motifs is 3. The second-order valence-corrected chi connectivity index (χ2v) is 12.1. The maximum atomic E-state index is 14.2. The van der Waals surface area contributed by atoms with Crippen LogP contribution < -0.4 is 19.7 Å². The molecule has 9 nitrogen and oxygen atoms in total. The van der Waals surface area contributed by atoms with Crippen LogP contribution in [0.15, 0.2) is 101 Å². The fraction of sp³-hybridized carbons (Fsp3) is 0.243. The molecule has 1 aliphatic heterocycles. The van der Waals surface area contributed by atoms with E-state index in [4.69, 9.17) is 9.47 Å². The van der Waals surface area contributed by atoms with Crippen molar-refractivity contribution in [3.63, 3.8) is 0 Å². The zero-order valence-corrected chi connectivity index (χ0v) is 25.6. The Bertz CT molecular complexity index is 1880. The lowest BCUT2D eigenvalue weighted by Crippen LogP contribution is -2.39. The Morgan fingerprint density at radius 3 is 2.15 bits per heavy atom. The van der Waals surface area contributed by atoms with Crippen LogP contribution in [0.4, 0.5) is 17.1 Å². The van der Waals surface area contributed by atoms with Crippen molar-refractivity contribution in [2.24, 2.45) is 17.8 Å². The van der Waals surface area contributed by atoms with Crippen molar-refractivity contribution < 1.29 is 33.8 Å². The van der Waals surface area contributed by atoms with Crippen molar-refractivity contribution in [1.82, 2.24) is 0 Å². The molecule has 3 aromatic carbocycles. The molecule has 0 unspecified atom stereocenters. The van der Waals surface area contributed by atoms with Gasteiger partial charge < -0.3 is 19.9 Å². The number of hydrogen-bond acceptors (Lipinski definition) is 8. The second kappa shape index (κ2) is 11.2. The quantitative estimate of drug-likeness (QED) is 0.203.